The minimum absolute atomic E-state index is 0.220. The van der Waals surface area contributed by atoms with Crippen molar-refractivity contribution in [1.82, 2.24) is 10.3 Å². The molecule has 1 aromatic heterocycles. The zero-order valence-electron chi connectivity index (χ0n) is 14.1. The highest BCUT2D eigenvalue weighted by Gasteiger charge is 2.15. The van der Waals surface area contributed by atoms with Gasteiger partial charge in [0.05, 0.1) is 6.10 Å². The molecule has 0 spiro atoms. The van der Waals surface area contributed by atoms with Crippen LogP contribution < -0.4 is 15.4 Å². The number of carbonyl (C=O) groups excluding carboxylic acids is 1. The van der Waals surface area contributed by atoms with E-state index in [9.17, 15) is 4.79 Å². The molecule has 2 aromatic rings. The summed E-state index contributed by atoms with van der Waals surface area (Å²) in [6, 6.07) is 10.9. The van der Waals surface area contributed by atoms with E-state index in [-0.39, 0.29) is 12.1 Å². The van der Waals surface area contributed by atoms with Gasteiger partial charge in [-0.2, -0.15) is 0 Å². The summed E-state index contributed by atoms with van der Waals surface area (Å²) in [4.78, 5) is 16.0. The van der Waals surface area contributed by atoms with Gasteiger partial charge in [-0.25, -0.2) is 4.79 Å². The molecule has 1 saturated heterocycles. The molecule has 2 amide bonds. The number of nitrogens with zero attached hydrogens (tertiary/aromatic N) is 1. The molecule has 1 aliphatic heterocycles. The number of aromatic nitrogens is 1. The topological polar surface area (TPSA) is 72.5 Å². The molecule has 0 radical (unpaired) electrons. The number of rotatable bonds is 7. The first kappa shape index (κ1) is 17.2. The molecule has 1 aromatic carbocycles. The normalized spacial score (nSPS) is 16.4. The van der Waals surface area contributed by atoms with Crippen LogP contribution in [0.15, 0.2) is 48.8 Å². The average molecular weight is 341 g/mol. The summed E-state index contributed by atoms with van der Waals surface area (Å²) in [7, 11) is 0. The molecule has 6 heteroatoms. The lowest BCUT2D eigenvalue weighted by atomic mass is 10.2. The SMILES string of the molecule is O=C(NCCC1CCCO1)Nc1cccc(OCc2cccnc2)c1. The minimum atomic E-state index is -0.220. The maximum absolute atomic E-state index is 12.0. The van der Waals surface area contributed by atoms with Crippen LogP contribution in [0.1, 0.15) is 24.8 Å². The van der Waals surface area contributed by atoms with Crippen LogP contribution in [0.3, 0.4) is 0 Å². The summed E-state index contributed by atoms with van der Waals surface area (Å²) in [5.41, 5.74) is 1.69. The third-order valence-corrected chi connectivity index (χ3v) is 4.00. The molecule has 6 nitrogen and oxygen atoms in total. The number of nitrogens with one attached hydrogen (secondary N) is 2. The zero-order valence-corrected chi connectivity index (χ0v) is 14.1. The van der Waals surface area contributed by atoms with Crippen LogP contribution in [0, 0.1) is 0 Å². The molecule has 1 fully saturated rings. The molecule has 132 valence electrons. The Morgan fingerprint density at radius 2 is 2.28 bits per heavy atom. The molecule has 0 aliphatic carbocycles. The summed E-state index contributed by atoms with van der Waals surface area (Å²) in [5, 5.41) is 5.68. The van der Waals surface area contributed by atoms with Crippen LogP contribution in [0.2, 0.25) is 0 Å². The number of ether oxygens (including phenoxy) is 2. The number of benzene rings is 1. The van der Waals surface area contributed by atoms with E-state index in [1.807, 2.05) is 30.3 Å². The lowest BCUT2D eigenvalue weighted by Crippen LogP contribution is -2.31. The Bertz CT molecular complexity index is 673. The van der Waals surface area contributed by atoms with Gasteiger partial charge in [0, 0.05) is 42.9 Å². The van der Waals surface area contributed by atoms with Crippen LogP contribution in [-0.2, 0) is 11.3 Å². The fourth-order valence-electron chi connectivity index (χ4n) is 2.71. The molecule has 2 heterocycles. The van der Waals surface area contributed by atoms with E-state index in [4.69, 9.17) is 9.47 Å². The van der Waals surface area contributed by atoms with Gasteiger partial charge in [-0.3, -0.25) is 4.98 Å². The van der Waals surface area contributed by atoms with Gasteiger partial charge in [0.15, 0.2) is 0 Å². The van der Waals surface area contributed by atoms with Crippen LogP contribution in [-0.4, -0.2) is 30.3 Å². The largest absolute Gasteiger partial charge is 0.489 e. The third kappa shape index (κ3) is 5.76. The first-order valence-corrected chi connectivity index (χ1v) is 8.58. The number of anilines is 1. The molecule has 2 N–H and O–H groups in total. The molecule has 0 bridgehead atoms. The van der Waals surface area contributed by atoms with Gasteiger partial charge in [-0.15, -0.1) is 0 Å². The highest BCUT2D eigenvalue weighted by molar-refractivity contribution is 5.89. The molecule has 1 atom stereocenters. The maximum Gasteiger partial charge on any atom is 0.319 e. The van der Waals surface area contributed by atoms with Crippen molar-refractivity contribution >= 4 is 11.7 Å². The Morgan fingerprint density at radius 1 is 1.32 bits per heavy atom. The maximum atomic E-state index is 12.0. The predicted molar refractivity (Wildman–Crippen MR) is 95.6 cm³/mol. The van der Waals surface area contributed by atoms with Gasteiger partial charge < -0.3 is 20.1 Å². The third-order valence-electron chi connectivity index (χ3n) is 4.00. The van der Waals surface area contributed by atoms with Crippen LogP contribution in [0.4, 0.5) is 10.5 Å². The van der Waals surface area contributed by atoms with Gasteiger partial charge >= 0.3 is 6.03 Å². The first-order valence-electron chi connectivity index (χ1n) is 8.58. The smallest absolute Gasteiger partial charge is 0.319 e. The first-order chi connectivity index (χ1) is 12.3. The molecule has 25 heavy (non-hydrogen) atoms. The summed E-state index contributed by atoms with van der Waals surface area (Å²) in [5.74, 6) is 0.695. The van der Waals surface area contributed by atoms with Crippen LogP contribution in [0.5, 0.6) is 5.75 Å². The summed E-state index contributed by atoms with van der Waals surface area (Å²) in [6.45, 7) is 1.88. The van der Waals surface area contributed by atoms with Crippen molar-refractivity contribution in [3.05, 3.63) is 54.4 Å². The highest BCUT2D eigenvalue weighted by Crippen LogP contribution is 2.18. The van der Waals surface area contributed by atoms with Crippen molar-refractivity contribution in [1.29, 1.82) is 0 Å². The number of amides is 2. The Morgan fingerprint density at radius 3 is 3.08 bits per heavy atom. The van der Waals surface area contributed by atoms with Crippen LogP contribution >= 0.6 is 0 Å². The summed E-state index contributed by atoms with van der Waals surface area (Å²) < 4.78 is 11.3. The average Bonchev–Trinajstić information content (AvgIpc) is 3.15. The molecular formula is C19H23N3O3. The quantitative estimate of drug-likeness (QED) is 0.810. The number of pyridine rings is 1. The van der Waals surface area contributed by atoms with Gasteiger partial charge in [0.1, 0.15) is 12.4 Å². The Labute approximate surface area is 147 Å². The van der Waals surface area contributed by atoms with E-state index in [2.05, 4.69) is 15.6 Å². The van der Waals surface area contributed by atoms with Crippen molar-refractivity contribution in [2.75, 3.05) is 18.5 Å². The minimum Gasteiger partial charge on any atom is -0.489 e. The summed E-state index contributed by atoms with van der Waals surface area (Å²) >= 11 is 0. The molecule has 0 saturated carbocycles. The van der Waals surface area contributed by atoms with Crippen LogP contribution in [0.25, 0.3) is 0 Å². The second kappa shape index (κ2) is 9.03. The van der Waals surface area contributed by atoms with E-state index in [0.717, 1.165) is 31.4 Å². The summed E-state index contributed by atoms with van der Waals surface area (Å²) in [6.07, 6.45) is 6.82. The second-order valence-electron chi connectivity index (χ2n) is 5.98. The number of carbonyl (C=O) groups is 1. The zero-order chi connectivity index (χ0) is 17.3. The Hall–Kier alpha value is -2.60. The fourth-order valence-corrected chi connectivity index (χ4v) is 2.71. The monoisotopic (exact) mass is 341 g/mol. The van der Waals surface area contributed by atoms with Crippen molar-refractivity contribution in [3.63, 3.8) is 0 Å². The standard InChI is InChI=1S/C19H23N3O3/c23-19(21-10-8-17-7-3-11-24-17)22-16-5-1-6-18(12-16)25-14-15-4-2-9-20-13-15/h1-2,4-6,9,12-13,17H,3,7-8,10-11,14H2,(H2,21,22,23). The molecule has 3 rings (SSSR count). The lowest BCUT2D eigenvalue weighted by Gasteiger charge is -2.12. The van der Waals surface area contributed by atoms with E-state index >= 15 is 0 Å². The highest BCUT2D eigenvalue weighted by atomic mass is 16.5. The van der Waals surface area contributed by atoms with E-state index < -0.39 is 0 Å². The van der Waals surface area contributed by atoms with Crippen molar-refractivity contribution in [2.45, 2.75) is 32.0 Å². The van der Waals surface area contributed by atoms with E-state index in [0.29, 0.717) is 24.6 Å². The van der Waals surface area contributed by atoms with E-state index in [1.54, 1.807) is 18.5 Å². The van der Waals surface area contributed by atoms with Crippen molar-refractivity contribution in [2.24, 2.45) is 0 Å². The predicted octanol–water partition coefficient (Wildman–Crippen LogP) is 3.35. The fraction of sp³-hybridized carbons (Fsp3) is 0.368. The van der Waals surface area contributed by atoms with Gasteiger partial charge in [0.2, 0.25) is 0 Å². The molecule has 1 aliphatic rings. The number of hydrogen-bond acceptors (Lipinski definition) is 4. The van der Waals surface area contributed by atoms with Gasteiger partial charge in [-0.05, 0) is 37.5 Å². The van der Waals surface area contributed by atoms with Crippen molar-refractivity contribution < 1.29 is 14.3 Å². The van der Waals surface area contributed by atoms with Gasteiger partial charge in [0.25, 0.3) is 0 Å². The molecule has 1 unspecified atom stereocenters. The number of hydrogen-bond donors (Lipinski definition) is 2. The Balaban J connectivity index is 1.43. The van der Waals surface area contributed by atoms with Gasteiger partial charge in [-0.1, -0.05) is 12.1 Å². The second-order valence-corrected chi connectivity index (χ2v) is 5.98. The van der Waals surface area contributed by atoms with Crippen molar-refractivity contribution in [3.8, 4) is 5.75 Å². The molecular weight excluding hydrogens is 318 g/mol. The lowest BCUT2D eigenvalue weighted by molar-refractivity contribution is 0.105. The number of urea groups is 1. The Kier molecular flexibility index (Phi) is 6.23. The van der Waals surface area contributed by atoms with E-state index in [1.165, 1.54) is 0 Å².